The first-order valence-electron chi connectivity index (χ1n) is 11.3. The summed E-state index contributed by atoms with van der Waals surface area (Å²) in [6.45, 7) is 0. The van der Waals surface area contributed by atoms with Gasteiger partial charge in [-0.05, 0) is 47.2 Å². The number of hydrogen-bond acceptors (Lipinski definition) is 6. The van der Waals surface area contributed by atoms with Crippen LogP contribution in [0.25, 0.3) is 50.3 Å². The van der Waals surface area contributed by atoms with Gasteiger partial charge >= 0.3 is 0 Å². The number of furan rings is 1. The van der Waals surface area contributed by atoms with Crippen LogP contribution in [0.5, 0.6) is 0 Å². The fourth-order valence-corrected chi connectivity index (χ4v) is 5.15. The predicted octanol–water partition coefficient (Wildman–Crippen LogP) is 4.96. The molecule has 7 aromatic rings. The lowest BCUT2D eigenvalue weighted by molar-refractivity contribution is 0.577. The van der Waals surface area contributed by atoms with E-state index in [1.165, 1.54) is 15.9 Å². The van der Waals surface area contributed by atoms with Crippen LogP contribution in [0.1, 0.15) is 5.56 Å². The lowest BCUT2D eigenvalue weighted by atomic mass is 10.0. The SMILES string of the molecule is O=c1c(=Cc2cn(-c3ccccc3)nc2-c2ccc3ccccc3c2)sc2nc(-c3ccco3)nn12. The van der Waals surface area contributed by atoms with Gasteiger partial charge in [0.15, 0.2) is 5.76 Å². The van der Waals surface area contributed by atoms with Crippen molar-refractivity contribution >= 4 is 33.1 Å². The molecule has 0 radical (unpaired) electrons. The second kappa shape index (κ2) is 8.14. The van der Waals surface area contributed by atoms with Crippen LogP contribution in [-0.2, 0) is 0 Å². The van der Waals surface area contributed by atoms with Crippen LogP contribution in [0, 0.1) is 0 Å². The monoisotopic (exact) mass is 487 g/mol. The topological polar surface area (TPSA) is 78.2 Å². The van der Waals surface area contributed by atoms with Crippen molar-refractivity contribution in [3.05, 3.63) is 118 Å². The van der Waals surface area contributed by atoms with Crippen LogP contribution in [0.2, 0.25) is 0 Å². The molecule has 0 saturated carbocycles. The highest BCUT2D eigenvalue weighted by atomic mass is 32.1. The van der Waals surface area contributed by atoms with E-state index in [9.17, 15) is 4.79 Å². The lowest BCUT2D eigenvalue weighted by Crippen LogP contribution is -2.23. The number of thiazole rings is 1. The number of fused-ring (bicyclic) bond motifs is 2. The van der Waals surface area contributed by atoms with Gasteiger partial charge in [0.25, 0.3) is 5.56 Å². The Balaban J connectivity index is 1.40. The minimum atomic E-state index is -0.225. The molecular weight excluding hydrogens is 470 g/mol. The molecule has 7 rings (SSSR count). The van der Waals surface area contributed by atoms with E-state index in [0.717, 1.165) is 33.3 Å². The second-order valence-electron chi connectivity index (χ2n) is 8.30. The molecule has 36 heavy (non-hydrogen) atoms. The molecule has 0 unspecified atom stereocenters. The largest absolute Gasteiger partial charge is 0.461 e. The Morgan fingerprint density at radius 2 is 1.69 bits per heavy atom. The molecule has 0 aliphatic heterocycles. The molecule has 8 heteroatoms. The minimum absolute atomic E-state index is 0.225. The molecule has 0 spiro atoms. The molecule has 4 aromatic heterocycles. The Hall–Kier alpha value is -4.82. The van der Waals surface area contributed by atoms with Gasteiger partial charge in [-0.2, -0.15) is 14.6 Å². The summed E-state index contributed by atoms with van der Waals surface area (Å²) in [7, 11) is 0. The van der Waals surface area contributed by atoms with E-state index in [1.807, 2.05) is 59.4 Å². The summed E-state index contributed by atoms with van der Waals surface area (Å²) in [6, 6.07) is 28.0. The molecule has 0 N–H and O–H groups in total. The zero-order valence-electron chi connectivity index (χ0n) is 18.8. The summed E-state index contributed by atoms with van der Waals surface area (Å²) >= 11 is 1.29. The van der Waals surface area contributed by atoms with Gasteiger partial charge in [0.05, 0.1) is 16.5 Å². The molecule has 3 aromatic carbocycles. The van der Waals surface area contributed by atoms with Gasteiger partial charge in [-0.25, -0.2) is 4.68 Å². The van der Waals surface area contributed by atoms with Crippen molar-refractivity contribution in [3.8, 4) is 28.5 Å². The molecular formula is C28H17N5O2S. The third-order valence-electron chi connectivity index (χ3n) is 6.00. The predicted molar refractivity (Wildman–Crippen MR) is 140 cm³/mol. The summed E-state index contributed by atoms with van der Waals surface area (Å²) < 4.78 is 9.07. The molecule has 4 heterocycles. The number of aromatic nitrogens is 5. The highest BCUT2D eigenvalue weighted by Gasteiger charge is 2.16. The Bertz CT molecular complexity index is 1970. The maximum Gasteiger partial charge on any atom is 0.291 e. The Labute approximate surface area is 208 Å². The quantitative estimate of drug-likeness (QED) is 0.351. The summed E-state index contributed by atoms with van der Waals surface area (Å²) in [5, 5.41) is 11.6. The Kier molecular flexibility index (Phi) is 4.65. The van der Waals surface area contributed by atoms with E-state index in [-0.39, 0.29) is 5.56 Å². The highest BCUT2D eigenvalue weighted by molar-refractivity contribution is 7.15. The first-order valence-corrected chi connectivity index (χ1v) is 12.1. The number of para-hydroxylation sites is 1. The van der Waals surface area contributed by atoms with E-state index < -0.39 is 0 Å². The molecule has 0 atom stereocenters. The van der Waals surface area contributed by atoms with Gasteiger partial charge in [-0.3, -0.25) is 4.79 Å². The Morgan fingerprint density at radius 1 is 0.861 bits per heavy atom. The third kappa shape index (κ3) is 3.43. The Morgan fingerprint density at radius 3 is 2.50 bits per heavy atom. The van der Waals surface area contributed by atoms with Crippen molar-refractivity contribution in [3.63, 3.8) is 0 Å². The van der Waals surface area contributed by atoms with Gasteiger partial charge in [0.1, 0.15) is 5.69 Å². The molecule has 0 bridgehead atoms. The van der Waals surface area contributed by atoms with E-state index in [0.29, 0.717) is 21.1 Å². The van der Waals surface area contributed by atoms with E-state index >= 15 is 0 Å². The minimum Gasteiger partial charge on any atom is -0.461 e. The fourth-order valence-electron chi connectivity index (χ4n) is 4.25. The fraction of sp³-hybridized carbons (Fsp3) is 0. The second-order valence-corrected chi connectivity index (χ2v) is 9.31. The van der Waals surface area contributed by atoms with Crippen molar-refractivity contribution in [2.75, 3.05) is 0 Å². The van der Waals surface area contributed by atoms with Crippen molar-refractivity contribution in [2.24, 2.45) is 0 Å². The maximum atomic E-state index is 13.2. The average Bonchev–Trinajstić information content (AvgIpc) is 3.71. The molecule has 0 aliphatic rings. The average molecular weight is 488 g/mol. The smallest absolute Gasteiger partial charge is 0.291 e. The van der Waals surface area contributed by atoms with Gasteiger partial charge in [-0.15, -0.1) is 5.10 Å². The van der Waals surface area contributed by atoms with Crippen LogP contribution in [0.3, 0.4) is 0 Å². The normalized spacial score (nSPS) is 12.2. The van der Waals surface area contributed by atoms with Crippen molar-refractivity contribution in [2.45, 2.75) is 0 Å². The summed E-state index contributed by atoms with van der Waals surface area (Å²) in [5.41, 5.74) is 3.31. The summed E-state index contributed by atoms with van der Waals surface area (Å²) in [5.74, 6) is 0.919. The van der Waals surface area contributed by atoms with Gasteiger partial charge in [0.2, 0.25) is 10.8 Å². The molecule has 0 amide bonds. The summed E-state index contributed by atoms with van der Waals surface area (Å²) in [4.78, 5) is 18.2. The number of rotatable bonds is 4. The van der Waals surface area contributed by atoms with Crippen LogP contribution in [0.4, 0.5) is 0 Å². The number of hydrogen-bond donors (Lipinski definition) is 0. The molecule has 0 fully saturated rings. The maximum absolute atomic E-state index is 13.2. The zero-order chi connectivity index (χ0) is 24.1. The van der Waals surface area contributed by atoms with Crippen molar-refractivity contribution in [1.29, 1.82) is 0 Å². The van der Waals surface area contributed by atoms with Gasteiger partial charge in [-0.1, -0.05) is 65.9 Å². The zero-order valence-corrected chi connectivity index (χ0v) is 19.6. The number of nitrogens with zero attached hydrogens (tertiary/aromatic N) is 5. The van der Waals surface area contributed by atoms with E-state index in [4.69, 9.17) is 9.52 Å². The van der Waals surface area contributed by atoms with Crippen LogP contribution >= 0.6 is 11.3 Å². The van der Waals surface area contributed by atoms with Crippen molar-refractivity contribution in [1.82, 2.24) is 24.4 Å². The molecule has 172 valence electrons. The lowest BCUT2D eigenvalue weighted by Gasteiger charge is -2.03. The van der Waals surface area contributed by atoms with Gasteiger partial charge in [0, 0.05) is 17.3 Å². The van der Waals surface area contributed by atoms with Crippen LogP contribution < -0.4 is 10.1 Å². The first-order chi connectivity index (χ1) is 17.7. The number of benzene rings is 3. The molecule has 0 aliphatic carbocycles. The van der Waals surface area contributed by atoms with E-state index in [2.05, 4.69) is 40.4 Å². The molecule has 0 saturated heterocycles. The first kappa shape index (κ1) is 20.5. The van der Waals surface area contributed by atoms with Crippen LogP contribution in [-0.4, -0.2) is 24.4 Å². The van der Waals surface area contributed by atoms with Crippen molar-refractivity contribution < 1.29 is 4.42 Å². The van der Waals surface area contributed by atoms with E-state index in [1.54, 1.807) is 18.4 Å². The standard InChI is InChI=1S/C28H17N5O2S/c34-27-24(36-28-29-26(31-33(27)28)23-11-6-14-35-23)16-21-17-32(22-9-2-1-3-10-22)30-25(21)20-13-12-18-7-4-5-8-19(18)15-20/h1-17H. The summed E-state index contributed by atoms with van der Waals surface area (Å²) in [6.07, 6.45) is 5.37. The highest BCUT2D eigenvalue weighted by Crippen LogP contribution is 2.28. The molecule has 7 nitrogen and oxygen atoms in total. The third-order valence-corrected chi connectivity index (χ3v) is 6.96. The van der Waals surface area contributed by atoms with Gasteiger partial charge < -0.3 is 4.42 Å². The van der Waals surface area contributed by atoms with Crippen LogP contribution in [0.15, 0.2) is 107 Å².